The van der Waals surface area contributed by atoms with Crippen molar-refractivity contribution in [3.8, 4) is 0 Å². The summed E-state index contributed by atoms with van der Waals surface area (Å²) in [5, 5.41) is 0. The summed E-state index contributed by atoms with van der Waals surface area (Å²) in [5.74, 6) is -1.18. The number of carbonyl (C=O) groups excluding carboxylic acids is 1. The van der Waals surface area contributed by atoms with E-state index in [-0.39, 0.29) is 6.54 Å². The number of nitrogens with zero attached hydrogens (tertiary/aromatic N) is 1. The zero-order valence-corrected chi connectivity index (χ0v) is 12.7. The number of sulfonamides is 1. The van der Waals surface area contributed by atoms with Gasteiger partial charge in [-0.05, 0) is 11.1 Å². The summed E-state index contributed by atoms with van der Waals surface area (Å²) in [7, 11) is -3.80. The van der Waals surface area contributed by atoms with Gasteiger partial charge in [-0.1, -0.05) is 30.3 Å². The average Bonchev–Trinajstić information content (AvgIpc) is 2.36. The first-order valence-electron chi connectivity index (χ1n) is 6.47. The molecule has 0 atom stereocenters. The van der Waals surface area contributed by atoms with Crippen LogP contribution in [0.4, 0.5) is 8.78 Å². The van der Waals surface area contributed by atoms with E-state index in [0.717, 1.165) is 4.31 Å². The van der Waals surface area contributed by atoms with Crippen molar-refractivity contribution in [2.75, 3.05) is 13.1 Å². The van der Waals surface area contributed by atoms with E-state index in [2.05, 4.69) is 6.58 Å². The number of carbonyl (C=O) groups is 1. The Morgan fingerprint density at radius 2 is 2.00 bits per heavy atom. The second kappa shape index (κ2) is 8.00. The smallest absolute Gasteiger partial charge is 0.242 e. The van der Waals surface area contributed by atoms with Crippen LogP contribution < -0.4 is 5.73 Å². The van der Waals surface area contributed by atoms with Crippen LogP contribution in [-0.2, 0) is 27.0 Å². The number of primary amides is 1. The molecule has 0 bridgehead atoms. The molecule has 1 rings (SSSR count). The van der Waals surface area contributed by atoms with Crippen molar-refractivity contribution >= 4 is 15.9 Å². The largest absolute Gasteiger partial charge is 0.369 e. The zero-order chi connectivity index (χ0) is 16.8. The highest BCUT2D eigenvalue weighted by Crippen LogP contribution is 2.15. The van der Waals surface area contributed by atoms with Gasteiger partial charge in [-0.15, -0.1) is 6.58 Å². The summed E-state index contributed by atoms with van der Waals surface area (Å²) in [6.07, 6.45) is -1.60. The fourth-order valence-electron chi connectivity index (χ4n) is 1.92. The average molecular weight is 332 g/mol. The number of alkyl halides is 2. The zero-order valence-electron chi connectivity index (χ0n) is 11.9. The van der Waals surface area contributed by atoms with Gasteiger partial charge in [-0.25, -0.2) is 17.2 Å². The molecule has 0 aromatic heterocycles. The molecular formula is C14H18F2N2O3S. The molecule has 0 aliphatic carbocycles. The van der Waals surface area contributed by atoms with Crippen molar-refractivity contribution in [1.29, 1.82) is 0 Å². The predicted molar refractivity (Wildman–Crippen MR) is 79.7 cm³/mol. The molecule has 5 nitrogen and oxygen atoms in total. The topological polar surface area (TPSA) is 80.5 Å². The quantitative estimate of drug-likeness (QED) is 0.692. The summed E-state index contributed by atoms with van der Waals surface area (Å²) >= 11 is 0. The van der Waals surface area contributed by atoms with Crippen molar-refractivity contribution in [3.63, 3.8) is 0 Å². The molecular weight excluding hydrogens is 314 g/mol. The summed E-state index contributed by atoms with van der Waals surface area (Å²) in [6.45, 7) is 2.93. The minimum absolute atomic E-state index is 0.0536. The Bertz CT molecular complexity index is 633. The normalized spacial score (nSPS) is 11.8. The van der Waals surface area contributed by atoms with Gasteiger partial charge in [0.05, 0.1) is 12.3 Å². The van der Waals surface area contributed by atoms with E-state index in [4.69, 9.17) is 5.73 Å². The molecule has 2 N–H and O–H groups in total. The lowest BCUT2D eigenvalue weighted by atomic mass is 10.1. The number of hydrogen-bond donors (Lipinski definition) is 1. The number of benzene rings is 1. The first kappa shape index (κ1) is 18.2. The van der Waals surface area contributed by atoms with Crippen LogP contribution in [-0.4, -0.2) is 38.1 Å². The molecule has 1 aromatic rings. The maximum atomic E-state index is 12.4. The summed E-state index contributed by atoms with van der Waals surface area (Å²) < 4.78 is 50.2. The fraction of sp³-hybridized carbons (Fsp3) is 0.357. The van der Waals surface area contributed by atoms with E-state index >= 15 is 0 Å². The molecule has 8 heteroatoms. The first-order valence-corrected chi connectivity index (χ1v) is 8.08. The number of nitrogens with two attached hydrogens (primary N) is 1. The Hall–Kier alpha value is -1.80. The SMILES string of the molecule is C=CCN(CC(N)=O)S(=O)(=O)Cc1cccc(CC(F)F)c1. The third kappa shape index (κ3) is 5.90. The molecule has 0 spiro atoms. The molecule has 0 radical (unpaired) electrons. The third-order valence-electron chi connectivity index (χ3n) is 2.79. The molecule has 1 amide bonds. The number of halogens is 2. The molecule has 22 heavy (non-hydrogen) atoms. The van der Waals surface area contributed by atoms with Crippen LogP contribution in [0.1, 0.15) is 11.1 Å². The molecule has 0 saturated carbocycles. The van der Waals surface area contributed by atoms with Crippen LogP contribution in [0.5, 0.6) is 0 Å². The van der Waals surface area contributed by atoms with E-state index < -0.39 is 41.1 Å². The summed E-state index contributed by atoms with van der Waals surface area (Å²) in [6, 6.07) is 5.98. The van der Waals surface area contributed by atoms with Gasteiger partial charge in [0.1, 0.15) is 0 Å². The Morgan fingerprint density at radius 1 is 1.36 bits per heavy atom. The minimum atomic E-state index is -3.80. The highest BCUT2D eigenvalue weighted by molar-refractivity contribution is 7.88. The molecule has 0 fully saturated rings. The number of rotatable bonds is 9. The Kier molecular flexibility index (Phi) is 6.63. The Labute approximate surface area is 128 Å². The third-order valence-corrected chi connectivity index (χ3v) is 4.55. The van der Waals surface area contributed by atoms with Crippen LogP contribution in [0.3, 0.4) is 0 Å². The standard InChI is InChI=1S/C14H18F2N2O3S/c1-2-6-18(9-14(17)19)22(20,21)10-12-5-3-4-11(7-12)8-13(15)16/h2-5,7,13H,1,6,8-10H2,(H2,17,19). The molecule has 0 saturated heterocycles. The molecule has 122 valence electrons. The van der Waals surface area contributed by atoms with Crippen molar-refractivity contribution in [2.45, 2.75) is 18.6 Å². The number of hydrogen-bond acceptors (Lipinski definition) is 3. The molecule has 0 heterocycles. The molecule has 0 aliphatic heterocycles. The monoisotopic (exact) mass is 332 g/mol. The number of amides is 1. The maximum absolute atomic E-state index is 12.4. The van der Waals surface area contributed by atoms with Gasteiger partial charge in [0, 0.05) is 13.0 Å². The van der Waals surface area contributed by atoms with Gasteiger partial charge in [0.15, 0.2) is 0 Å². The van der Waals surface area contributed by atoms with E-state index in [1.165, 1.54) is 30.3 Å². The lowest BCUT2D eigenvalue weighted by molar-refractivity contribution is -0.118. The summed E-state index contributed by atoms with van der Waals surface area (Å²) in [4.78, 5) is 11.0. The van der Waals surface area contributed by atoms with Crippen molar-refractivity contribution in [1.82, 2.24) is 4.31 Å². The van der Waals surface area contributed by atoms with Gasteiger partial charge in [-0.3, -0.25) is 4.79 Å². The molecule has 0 unspecified atom stereocenters. The van der Waals surface area contributed by atoms with Crippen LogP contribution in [0, 0.1) is 0 Å². The van der Waals surface area contributed by atoms with E-state index in [1.807, 2.05) is 0 Å². The highest BCUT2D eigenvalue weighted by Gasteiger charge is 2.23. The Morgan fingerprint density at radius 3 is 2.55 bits per heavy atom. The van der Waals surface area contributed by atoms with Crippen molar-refractivity contribution < 1.29 is 22.0 Å². The van der Waals surface area contributed by atoms with E-state index in [0.29, 0.717) is 11.1 Å². The second-order valence-corrected chi connectivity index (χ2v) is 6.69. The highest BCUT2D eigenvalue weighted by atomic mass is 32.2. The van der Waals surface area contributed by atoms with Crippen molar-refractivity contribution in [3.05, 3.63) is 48.0 Å². The second-order valence-electron chi connectivity index (χ2n) is 4.72. The van der Waals surface area contributed by atoms with Gasteiger partial charge < -0.3 is 5.73 Å². The first-order chi connectivity index (χ1) is 10.2. The van der Waals surface area contributed by atoms with Crippen LogP contribution in [0.15, 0.2) is 36.9 Å². The maximum Gasteiger partial charge on any atom is 0.242 e. The summed E-state index contributed by atoms with van der Waals surface area (Å²) in [5.41, 5.74) is 5.76. The van der Waals surface area contributed by atoms with Crippen LogP contribution in [0.25, 0.3) is 0 Å². The van der Waals surface area contributed by atoms with E-state index in [1.54, 1.807) is 0 Å². The molecule has 1 aromatic carbocycles. The minimum Gasteiger partial charge on any atom is -0.369 e. The fourth-order valence-corrected chi connectivity index (χ4v) is 3.36. The van der Waals surface area contributed by atoms with Crippen LogP contribution in [0.2, 0.25) is 0 Å². The lowest BCUT2D eigenvalue weighted by Gasteiger charge is -2.19. The van der Waals surface area contributed by atoms with Gasteiger partial charge in [0.25, 0.3) is 0 Å². The predicted octanol–water partition coefficient (Wildman–Crippen LogP) is 1.30. The Balaban J connectivity index is 2.94. The molecule has 0 aliphatic rings. The van der Waals surface area contributed by atoms with Gasteiger partial charge in [0.2, 0.25) is 22.4 Å². The van der Waals surface area contributed by atoms with E-state index in [9.17, 15) is 22.0 Å². The van der Waals surface area contributed by atoms with Gasteiger partial charge >= 0.3 is 0 Å². The van der Waals surface area contributed by atoms with Crippen molar-refractivity contribution in [2.24, 2.45) is 5.73 Å². The van der Waals surface area contributed by atoms with Crippen LogP contribution >= 0.6 is 0 Å². The lowest BCUT2D eigenvalue weighted by Crippen LogP contribution is -2.39. The van der Waals surface area contributed by atoms with Gasteiger partial charge in [-0.2, -0.15) is 4.31 Å².